The molecular weight excluding hydrogens is 255 g/mol. The van der Waals surface area contributed by atoms with Gasteiger partial charge in [-0.05, 0) is 18.2 Å². The molecule has 2 aromatic rings. The summed E-state index contributed by atoms with van der Waals surface area (Å²) in [5, 5.41) is 8.93. The fourth-order valence-corrected chi connectivity index (χ4v) is 2.60. The van der Waals surface area contributed by atoms with Gasteiger partial charge >= 0.3 is 0 Å². The van der Waals surface area contributed by atoms with Crippen molar-refractivity contribution in [3.05, 3.63) is 65.2 Å². The number of nitriles is 1. The van der Waals surface area contributed by atoms with Crippen LogP contribution in [0.1, 0.15) is 16.7 Å². The number of hydrogen-bond acceptors (Lipinski definition) is 2. The van der Waals surface area contributed by atoms with Gasteiger partial charge in [0.25, 0.3) is 5.91 Å². The number of para-hydroxylation sites is 1. The third-order valence-corrected chi connectivity index (χ3v) is 3.63. The van der Waals surface area contributed by atoms with Crippen LogP contribution in [0.25, 0.3) is 0 Å². The summed E-state index contributed by atoms with van der Waals surface area (Å²) in [7, 11) is 1.55. The highest BCUT2D eigenvalue weighted by atomic mass is 19.1. The quantitative estimate of drug-likeness (QED) is 0.796. The van der Waals surface area contributed by atoms with E-state index in [-0.39, 0.29) is 5.56 Å². The molecule has 0 bridgehead atoms. The van der Waals surface area contributed by atoms with Crippen LogP contribution in [0, 0.1) is 11.3 Å². The second-order valence-electron chi connectivity index (χ2n) is 4.73. The van der Waals surface area contributed by atoms with Crippen LogP contribution in [0.2, 0.25) is 0 Å². The smallest absolute Gasteiger partial charge is 0.273 e. The number of rotatable bonds is 1. The maximum Gasteiger partial charge on any atom is 0.273 e. The Bertz CT molecular complexity index is 750. The molecule has 98 valence electrons. The van der Waals surface area contributed by atoms with Crippen molar-refractivity contribution in [3.8, 4) is 6.07 Å². The van der Waals surface area contributed by atoms with E-state index in [0.29, 0.717) is 16.8 Å². The van der Waals surface area contributed by atoms with Crippen molar-refractivity contribution in [3.63, 3.8) is 0 Å². The summed E-state index contributed by atoms with van der Waals surface area (Å²) in [4.78, 5) is 13.7. The molecule has 0 unspecified atom stereocenters. The Balaban J connectivity index is 2.26. The van der Waals surface area contributed by atoms with Crippen LogP contribution in [0.5, 0.6) is 0 Å². The molecule has 1 aliphatic rings. The van der Waals surface area contributed by atoms with Crippen LogP contribution in [0.3, 0.4) is 0 Å². The number of likely N-dealkylation sites (N-methyl/N-ethyl adjacent to an activating group) is 1. The van der Waals surface area contributed by atoms with E-state index in [2.05, 4.69) is 0 Å². The van der Waals surface area contributed by atoms with Crippen molar-refractivity contribution in [2.24, 2.45) is 0 Å². The molecule has 3 nitrogen and oxygen atoms in total. The molecule has 4 heteroatoms. The summed E-state index contributed by atoms with van der Waals surface area (Å²) in [6, 6.07) is 14.9. The van der Waals surface area contributed by atoms with Crippen LogP contribution in [0.15, 0.2) is 48.5 Å². The largest absolute Gasteiger partial charge is 0.312 e. The summed E-state index contributed by atoms with van der Waals surface area (Å²) in [5.41, 5.74) is -0.819. The fraction of sp³-hybridized carbons (Fsp3) is 0.125. The van der Waals surface area contributed by atoms with E-state index >= 15 is 4.39 Å². The fourth-order valence-electron chi connectivity index (χ4n) is 2.60. The van der Waals surface area contributed by atoms with Crippen LogP contribution < -0.4 is 4.90 Å². The lowest BCUT2D eigenvalue weighted by Gasteiger charge is -2.19. The van der Waals surface area contributed by atoms with E-state index in [0.717, 1.165) is 0 Å². The first-order valence-corrected chi connectivity index (χ1v) is 6.16. The minimum absolute atomic E-state index is 0.193. The predicted octanol–water partition coefficient (Wildman–Crippen LogP) is 2.75. The lowest BCUT2D eigenvalue weighted by atomic mass is 9.88. The monoisotopic (exact) mass is 266 g/mol. The van der Waals surface area contributed by atoms with Crippen LogP contribution in [-0.2, 0) is 10.5 Å². The molecule has 2 aromatic carbocycles. The van der Waals surface area contributed by atoms with Gasteiger partial charge in [0.05, 0.1) is 17.3 Å². The highest BCUT2D eigenvalue weighted by Gasteiger charge is 2.51. The zero-order chi connectivity index (χ0) is 14.3. The van der Waals surface area contributed by atoms with E-state index in [9.17, 15) is 4.79 Å². The molecule has 0 radical (unpaired) electrons. The molecule has 0 aliphatic carbocycles. The molecule has 1 amide bonds. The van der Waals surface area contributed by atoms with Gasteiger partial charge in [0.2, 0.25) is 5.67 Å². The van der Waals surface area contributed by atoms with Gasteiger partial charge in [-0.1, -0.05) is 30.3 Å². The normalized spacial score (nSPS) is 20.6. The van der Waals surface area contributed by atoms with Crippen LogP contribution in [-0.4, -0.2) is 13.0 Å². The van der Waals surface area contributed by atoms with Crippen molar-refractivity contribution in [1.29, 1.82) is 5.26 Å². The van der Waals surface area contributed by atoms with Gasteiger partial charge < -0.3 is 4.90 Å². The average molecular weight is 266 g/mol. The standard InChI is InChI=1S/C16H11FN2O/c1-19-14-8-3-2-7-13(14)16(17,15(19)20)12-6-4-5-11(9-12)10-18/h2-9H,1H3/t16-/m1/s1. The number of anilines is 1. The molecule has 3 rings (SSSR count). The molecule has 1 aliphatic heterocycles. The molecule has 0 N–H and O–H groups in total. The maximum atomic E-state index is 15.5. The molecule has 0 spiro atoms. The van der Waals surface area contributed by atoms with Crippen LogP contribution in [0.4, 0.5) is 10.1 Å². The van der Waals surface area contributed by atoms with Crippen molar-refractivity contribution < 1.29 is 9.18 Å². The molecule has 0 saturated heterocycles. The van der Waals surface area contributed by atoms with Gasteiger partial charge in [-0.25, -0.2) is 4.39 Å². The van der Waals surface area contributed by atoms with Gasteiger partial charge in [-0.3, -0.25) is 4.79 Å². The number of fused-ring (bicyclic) bond motifs is 1. The first kappa shape index (κ1) is 12.4. The Kier molecular flexibility index (Phi) is 2.58. The van der Waals surface area contributed by atoms with Gasteiger partial charge in [0.15, 0.2) is 0 Å². The second kappa shape index (κ2) is 4.17. The lowest BCUT2D eigenvalue weighted by Crippen LogP contribution is -2.35. The number of amides is 1. The van der Waals surface area contributed by atoms with E-state index < -0.39 is 11.6 Å². The van der Waals surface area contributed by atoms with Crippen molar-refractivity contribution in [2.75, 3.05) is 11.9 Å². The predicted molar refractivity (Wildman–Crippen MR) is 72.9 cm³/mol. The third kappa shape index (κ3) is 1.47. The van der Waals surface area contributed by atoms with E-state index in [1.165, 1.54) is 17.0 Å². The maximum absolute atomic E-state index is 15.5. The van der Waals surface area contributed by atoms with E-state index in [4.69, 9.17) is 5.26 Å². The van der Waals surface area contributed by atoms with Gasteiger partial charge in [-0.15, -0.1) is 0 Å². The van der Waals surface area contributed by atoms with E-state index in [1.54, 1.807) is 43.4 Å². The number of hydrogen-bond donors (Lipinski definition) is 0. The number of carbonyl (C=O) groups is 1. The van der Waals surface area contributed by atoms with Crippen molar-refractivity contribution in [1.82, 2.24) is 0 Å². The molecular formula is C16H11FN2O. The first-order chi connectivity index (χ1) is 9.59. The van der Waals surface area contributed by atoms with Gasteiger partial charge in [0, 0.05) is 18.2 Å². The topological polar surface area (TPSA) is 44.1 Å². The minimum Gasteiger partial charge on any atom is -0.312 e. The number of alkyl halides is 1. The summed E-state index contributed by atoms with van der Waals surface area (Å²) in [6.45, 7) is 0. The number of halogens is 1. The average Bonchev–Trinajstić information content (AvgIpc) is 2.71. The molecule has 1 atom stereocenters. The van der Waals surface area contributed by atoms with Crippen molar-refractivity contribution in [2.45, 2.75) is 5.67 Å². The number of carbonyl (C=O) groups excluding carboxylic acids is 1. The Morgan fingerprint density at radius 2 is 1.95 bits per heavy atom. The molecule has 0 fully saturated rings. The summed E-state index contributed by atoms with van der Waals surface area (Å²) >= 11 is 0. The Morgan fingerprint density at radius 3 is 2.70 bits per heavy atom. The zero-order valence-electron chi connectivity index (χ0n) is 10.8. The Labute approximate surface area is 115 Å². The molecule has 0 aromatic heterocycles. The highest BCUT2D eigenvalue weighted by molar-refractivity contribution is 6.08. The second-order valence-corrected chi connectivity index (χ2v) is 4.73. The summed E-state index contributed by atoms with van der Waals surface area (Å²) in [6.07, 6.45) is 0. The highest BCUT2D eigenvalue weighted by Crippen LogP contribution is 2.46. The Hall–Kier alpha value is -2.67. The summed E-state index contributed by atoms with van der Waals surface area (Å²) < 4.78 is 15.5. The van der Waals surface area contributed by atoms with Crippen LogP contribution >= 0.6 is 0 Å². The zero-order valence-corrected chi connectivity index (χ0v) is 10.8. The van der Waals surface area contributed by atoms with E-state index in [1.807, 2.05) is 6.07 Å². The van der Waals surface area contributed by atoms with Gasteiger partial charge in [0.1, 0.15) is 0 Å². The molecule has 20 heavy (non-hydrogen) atoms. The SMILES string of the molecule is CN1C(=O)[C@@](F)(c2cccc(C#N)c2)c2ccccc21. The first-order valence-electron chi connectivity index (χ1n) is 6.16. The number of nitrogens with zero attached hydrogens (tertiary/aromatic N) is 2. The summed E-state index contributed by atoms with van der Waals surface area (Å²) in [5.74, 6) is -0.631. The Morgan fingerprint density at radius 1 is 1.20 bits per heavy atom. The lowest BCUT2D eigenvalue weighted by molar-refractivity contribution is -0.126. The molecule has 0 saturated carbocycles. The third-order valence-electron chi connectivity index (χ3n) is 3.63. The molecule has 1 heterocycles. The number of benzene rings is 2. The minimum atomic E-state index is -2.22. The van der Waals surface area contributed by atoms with Crippen molar-refractivity contribution >= 4 is 11.6 Å². The van der Waals surface area contributed by atoms with Gasteiger partial charge in [-0.2, -0.15) is 5.26 Å².